The van der Waals surface area contributed by atoms with Gasteiger partial charge in [0.05, 0.1) is 0 Å². The van der Waals surface area contributed by atoms with E-state index in [0.29, 0.717) is 5.69 Å². The molecule has 0 aliphatic carbocycles. The van der Waals surface area contributed by atoms with Gasteiger partial charge in [0, 0.05) is 18.0 Å². The number of nitrogens with one attached hydrogen (secondary N) is 1. The van der Waals surface area contributed by atoms with Crippen LogP contribution in [-0.2, 0) is 0 Å². The minimum absolute atomic E-state index is 0.0453. The number of ether oxygens (including phenoxy) is 1. The predicted molar refractivity (Wildman–Crippen MR) is 60.1 cm³/mol. The number of alkyl halides is 6. The molecule has 0 aromatic heterocycles. The van der Waals surface area contributed by atoms with E-state index in [1.54, 1.807) is 0 Å². The summed E-state index contributed by atoms with van der Waals surface area (Å²) in [6.07, 6.45) is -4.77. The van der Waals surface area contributed by atoms with Gasteiger partial charge in [-0.2, -0.15) is 13.2 Å². The first-order valence-corrected chi connectivity index (χ1v) is 5.95. The van der Waals surface area contributed by atoms with Crippen LogP contribution in [0.3, 0.4) is 0 Å². The lowest BCUT2D eigenvalue weighted by molar-refractivity contribution is -0.274. The first kappa shape index (κ1) is 15.8. The number of hydrogen-bond acceptors (Lipinski definition) is 3. The topological polar surface area (TPSA) is 21.3 Å². The Hall–Kier alpha value is -1.25. The molecule has 0 amide bonds. The molecule has 1 N–H and O–H groups in total. The molecule has 0 unspecified atom stereocenters. The lowest BCUT2D eigenvalue weighted by atomic mass is 10.3. The number of thioether (sulfide) groups is 1. The first-order chi connectivity index (χ1) is 8.66. The van der Waals surface area contributed by atoms with E-state index in [2.05, 4.69) is 10.1 Å². The molecule has 0 radical (unpaired) electrons. The third-order valence-electron chi connectivity index (χ3n) is 1.78. The summed E-state index contributed by atoms with van der Waals surface area (Å²) in [7, 11) is 0. The van der Waals surface area contributed by atoms with Crippen molar-refractivity contribution in [3.8, 4) is 5.75 Å². The Morgan fingerprint density at radius 3 is 2.05 bits per heavy atom. The Bertz CT molecular complexity index is 388. The molecule has 2 nitrogen and oxygen atoms in total. The molecule has 9 heteroatoms. The van der Waals surface area contributed by atoms with Gasteiger partial charge in [0.2, 0.25) is 0 Å². The van der Waals surface area contributed by atoms with Gasteiger partial charge in [0.25, 0.3) is 0 Å². The van der Waals surface area contributed by atoms with E-state index in [4.69, 9.17) is 0 Å². The van der Waals surface area contributed by atoms with E-state index < -0.39 is 11.9 Å². The first-order valence-electron chi connectivity index (χ1n) is 4.96. The molecule has 1 rings (SSSR count). The molecular formula is C10H9F6NOS. The highest BCUT2D eigenvalue weighted by atomic mass is 32.2. The Kier molecular flexibility index (Phi) is 5.21. The molecule has 0 bridgehead atoms. The standard InChI is InChI=1S/C10H9F6NOS/c11-9(12,13)18-8-3-1-7(2-4-8)17-5-6-19-10(14,15)16/h1-4,17H,5-6H2. The van der Waals surface area contributed by atoms with Gasteiger partial charge in [0.1, 0.15) is 5.75 Å². The summed E-state index contributed by atoms with van der Waals surface area (Å²) in [6.45, 7) is 0.0453. The van der Waals surface area contributed by atoms with Crippen molar-refractivity contribution in [2.45, 2.75) is 11.9 Å². The van der Waals surface area contributed by atoms with Crippen LogP contribution in [0.15, 0.2) is 24.3 Å². The zero-order valence-electron chi connectivity index (χ0n) is 9.31. The highest BCUT2D eigenvalue weighted by Gasteiger charge is 2.31. The van der Waals surface area contributed by atoms with Crippen LogP contribution in [0.25, 0.3) is 0 Å². The highest BCUT2D eigenvalue weighted by molar-refractivity contribution is 8.00. The van der Waals surface area contributed by atoms with Crippen molar-refractivity contribution in [2.24, 2.45) is 0 Å². The van der Waals surface area contributed by atoms with Gasteiger partial charge in [-0.1, -0.05) is 0 Å². The van der Waals surface area contributed by atoms with Gasteiger partial charge in [-0.25, -0.2) is 0 Å². The molecular weight excluding hydrogens is 296 g/mol. The maximum absolute atomic E-state index is 11.9. The molecule has 1 aromatic rings. The predicted octanol–water partition coefficient (Wildman–Crippen LogP) is 4.25. The van der Waals surface area contributed by atoms with Crippen molar-refractivity contribution in [3.05, 3.63) is 24.3 Å². The highest BCUT2D eigenvalue weighted by Crippen LogP contribution is 2.29. The van der Waals surface area contributed by atoms with E-state index in [9.17, 15) is 26.3 Å². The largest absolute Gasteiger partial charge is 0.573 e. The van der Waals surface area contributed by atoms with Gasteiger partial charge in [0.15, 0.2) is 0 Å². The molecule has 0 saturated carbocycles. The smallest absolute Gasteiger partial charge is 0.406 e. The van der Waals surface area contributed by atoms with Crippen LogP contribution in [0.2, 0.25) is 0 Å². The van der Waals surface area contributed by atoms with Crippen LogP contribution in [0.4, 0.5) is 32.0 Å². The lowest BCUT2D eigenvalue weighted by Crippen LogP contribution is -2.17. The average molecular weight is 305 g/mol. The summed E-state index contributed by atoms with van der Waals surface area (Å²) in [5.41, 5.74) is -3.87. The second-order valence-corrected chi connectivity index (χ2v) is 4.45. The Morgan fingerprint density at radius 1 is 1.00 bits per heavy atom. The van der Waals surface area contributed by atoms with Crippen LogP contribution in [0.5, 0.6) is 5.75 Å². The van der Waals surface area contributed by atoms with Gasteiger partial charge in [-0.15, -0.1) is 13.2 Å². The average Bonchev–Trinajstić information content (AvgIpc) is 2.23. The van der Waals surface area contributed by atoms with E-state index >= 15 is 0 Å². The minimum atomic E-state index is -4.77. The summed E-state index contributed by atoms with van der Waals surface area (Å²) in [6, 6.07) is 4.73. The zero-order chi connectivity index (χ0) is 14.5. The van der Waals surface area contributed by atoms with Crippen LogP contribution in [-0.4, -0.2) is 24.2 Å². The maximum atomic E-state index is 11.9. The fourth-order valence-electron chi connectivity index (χ4n) is 1.14. The van der Waals surface area contributed by atoms with Crippen LogP contribution >= 0.6 is 11.8 Å². The SMILES string of the molecule is FC(F)(F)Oc1ccc(NCCSC(F)(F)F)cc1. The fourth-order valence-corrected chi connectivity index (χ4v) is 1.57. The molecule has 0 saturated heterocycles. The van der Waals surface area contributed by atoms with Crippen molar-refractivity contribution in [1.82, 2.24) is 0 Å². The molecule has 0 aliphatic rings. The normalized spacial score (nSPS) is 12.3. The second-order valence-electron chi connectivity index (χ2n) is 3.29. The summed E-state index contributed by atoms with van der Waals surface area (Å²) >= 11 is -0.172. The van der Waals surface area contributed by atoms with Crippen molar-refractivity contribution in [3.63, 3.8) is 0 Å². The van der Waals surface area contributed by atoms with Crippen molar-refractivity contribution in [1.29, 1.82) is 0 Å². The zero-order valence-corrected chi connectivity index (χ0v) is 10.1. The van der Waals surface area contributed by atoms with E-state index in [0.717, 1.165) is 12.1 Å². The van der Waals surface area contributed by atoms with Gasteiger partial charge < -0.3 is 10.1 Å². The van der Waals surface area contributed by atoms with E-state index in [-0.39, 0.29) is 29.8 Å². The van der Waals surface area contributed by atoms with Crippen molar-refractivity contribution >= 4 is 17.4 Å². The summed E-state index contributed by atoms with van der Waals surface area (Å²) < 4.78 is 74.6. The molecule has 0 fully saturated rings. The van der Waals surface area contributed by atoms with Gasteiger partial charge in [-0.3, -0.25) is 0 Å². The fraction of sp³-hybridized carbons (Fsp3) is 0.400. The summed E-state index contributed by atoms with van der Waals surface area (Å²) in [4.78, 5) is 0. The maximum Gasteiger partial charge on any atom is 0.573 e. The lowest BCUT2D eigenvalue weighted by Gasteiger charge is -2.10. The van der Waals surface area contributed by atoms with Crippen molar-refractivity contribution < 1.29 is 31.1 Å². The van der Waals surface area contributed by atoms with E-state index in [1.165, 1.54) is 12.1 Å². The number of anilines is 1. The quantitative estimate of drug-likeness (QED) is 0.649. The van der Waals surface area contributed by atoms with Crippen LogP contribution in [0.1, 0.15) is 0 Å². The van der Waals surface area contributed by atoms with Gasteiger partial charge >= 0.3 is 11.9 Å². The van der Waals surface area contributed by atoms with Crippen LogP contribution < -0.4 is 10.1 Å². The molecule has 0 aliphatic heterocycles. The second kappa shape index (κ2) is 6.27. The summed E-state index contributed by atoms with van der Waals surface area (Å²) in [5.74, 6) is -0.577. The molecule has 0 atom stereocenters. The van der Waals surface area contributed by atoms with Gasteiger partial charge in [-0.05, 0) is 36.0 Å². The molecule has 1 aromatic carbocycles. The minimum Gasteiger partial charge on any atom is -0.406 e. The van der Waals surface area contributed by atoms with Crippen molar-refractivity contribution in [2.75, 3.05) is 17.6 Å². The Labute approximate surface area is 109 Å². The molecule has 0 heterocycles. The monoisotopic (exact) mass is 305 g/mol. The number of benzene rings is 1. The molecule has 0 spiro atoms. The molecule has 19 heavy (non-hydrogen) atoms. The Balaban J connectivity index is 2.36. The molecule has 108 valence electrons. The van der Waals surface area contributed by atoms with Crippen LogP contribution in [0, 0.1) is 0 Å². The number of rotatable bonds is 5. The third kappa shape index (κ3) is 7.70. The van der Waals surface area contributed by atoms with E-state index in [1.807, 2.05) is 0 Å². The number of halogens is 6. The third-order valence-corrected chi connectivity index (χ3v) is 2.52. The number of hydrogen-bond donors (Lipinski definition) is 1. The summed E-state index contributed by atoms with van der Waals surface area (Å²) in [5, 5.41) is 2.65. The Morgan fingerprint density at radius 2 is 1.58 bits per heavy atom.